The monoisotopic (exact) mass is 338 g/mol. The lowest BCUT2D eigenvalue weighted by Crippen LogP contribution is -2.48. The number of piperazine rings is 1. The molecule has 2 nitrogen and oxygen atoms in total. The molecule has 3 rings (SSSR count). The maximum absolute atomic E-state index is 14.1. The molecule has 0 unspecified atom stereocenters. The van der Waals surface area contributed by atoms with Crippen molar-refractivity contribution in [3.8, 4) is 0 Å². The van der Waals surface area contributed by atoms with Gasteiger partial charge in [0, 0.05) is 37.8 Å². The summed E-state index contributed by atoms with van der Waals surface area (Å²) in [7, 11) is 0. The first-order valence-electron chi connectivity index (χ1n) is 7.16. The molecule has 0 aromatic heterocycles. The molecule has 0 amide bonds. The summed E-state index contributed by atoms with van der Waals surface area (Å²) >= 11 is 0. The highest BCUT2D eigenvalue weighted by atomic mass is 35.5. The van der Waals surface area contributed by atoms with Crippen molar-refractivity contribution in [2.75, 3.05) is 26.2 Å². The molecule has 0 radical (unpaired) electrons. The molecule has 1 atom stereocenters. The molecule has 1 heterocycles. The summed E-state index contributed by atoms with van der Waals surface area (Å²) in [4.78, 5) is 2.25. The minimum Gasteiger partial charge on any atom is -0.314 e. The minimum atomic E-state index is -0.393. The molecule has 1 aliphatic heterocycles. The van der Waals surface area contributed by atoms with Gasteiger partial charge in [-0.05, 0) is 30.9 Å². The van der Waals surface area contributed by atoms with Gasteiger partial charge in [0.25, 0.3) is 0 Å². The standard InChI is InChI=1S/C15H20F2N2.2ClH/c16-12-5-2-6-13(17)14(12)15(11-3-1-4-11)19-9-7-18-8-10-19;;/h2,5-6,11,15,18H,1,3-4,7-10H2;2*1H/t15-;;/m0../s1. The second kappa shape index (κ2) is 8.28. The van der Waals surface area contributed by atoms with Crippen molar-refractivity contribution in [1.29, 1.82) is 0 Å². The summed E-state index contributed by atoms with van der Waals surface area (Å²) in [6.45, 7) is 3.54. The van der Waals surface area contributed by atoms with E-state index in [1.807, 2.05) is 0 Å². The maximum Gasteiger partial charge on any atom is 0.130 e. The van der Waals surface area contributed by atoms with Crippen molar-refractivity contribution >= 4 is 24.8 Å². The summed E-state index contributed by atoms with van der Waals surface area (Å²) in [6.07, 6.45) is 3.36. The lowest BCUT2D eigenvalue weighted by Gasteiger charge is -2.43. The predicted molar refractivity (Wildman–Crippen MR) is 85.4 cm³/mol. The number of halogens is 4. The summed E-state index contributed by atoms with van der Waals surface area (Å²) in [6, 6.07) is 4.12. The number of nitrogens with zero attached hydrogens (tertiary/aromatic N) is 1. The number of hydrogen-bond acceptors (Lipinski definition) is 2. The van der Waals surface area contributed by atoms with E-state index < -0.39 is 11.6 Å². The van der Waals surface area contributed by atoms with Gasteiger partial charge in [-0.2, -0.15) is 0 Å². The van der Waals surface area contributed by atoms with Crippen LogP contribution in [0.4, 0.5) is 8.78 Å². The van der Waals surface area contributed by atoms with Crippen LogP contribution in [-0.4, -0.2) is 31.1 Å². The second-order valence-electron chi connectivity index (χ2n) is 5.56. The third kappa shape index (κ3) is 3.86. The molecule has 21 heavy (non-hydrogen) atoms. The smallest absolute Gasteiger partial charge is 0.130 e. The normalized spacial score (nSPS) is 20.9. The Bertz CT molecular complexity index is 429. The summed E-state index contributed by atoms with van der Waals surface area (Å²) in [5.74, 6) is -0.379. The minimum absolute atomic E-state index is 0. The highest BCUT2D eigenvalue weighted by Crippen LogP contribution is 2.43. The Morgan fingerprint density at radius 3 is 2.10 bits per heavy atom. The van der Waals surface area contributed by atoms with Crippen LogP contribution in [-0.2, 0) is 0 Å². The van der Waals surface area contributed by atoms with Gasteiger partial charge in [-0.15, -0.1) is 24.8 Å². The quantitative estimate of drug-likeness (QED) is 0.906. The molecule has 1 N–H and O–H groups in total. The van der Waals surface area contributed by atoms with E-state index in [0.29, 0.717) is 5.92 Å². The fraction of sp³-hybridized carbons (Fsp3) is 0.600. The third-order valence-corrected chi connectivity index (χ3v) is 4.44. The van der Waals surface area contributed by atoms with Gasteiger partial charge in [-0.1, -0.05) is 12.5 Å². The largest absolute Gasteiger partial charge is 0.314 e. The van der Waals surface area contributed by atoms with Crippen LogP contribution < -0.4 is 5.32 Å². The molecule has 1 aliphatic carbocycles. The summed E-state index contributed by atoms with van der Waals surface area (Å²) in [5.41, 5.74) is 0.286. The van der Waals surface area contributed by atoms with Crippen LogP contribution in [0.5, 0.6) is 0 Å². The van der Waals surface area contributed by atoms with Crippen LogP contribution in [0.1, 0.15) is 30.9 Å². The molecule has 2 aliphatic rings. The van der Waals surface area contributed by atoms with Gasteiger partial charge in [0.15, 0.2) is 0 Å². The number of hydrogen-bond donors (Lipinski definition) is 1. The fourth-order valence-electron chi connectivity index (χ4n) is 3.23. The molecular weight excluding hydrogens is 317 g/mol. The zero-order chi connectivity index (χ0) is 13.2. The van der Waals surface area contributed by atoms with E-state index in [9.17, 15) is 8.78 Å². The van der Waals surface area contributed by atoms with E-state index in [-0.39, 0.29) is 36.4 Å². The van der Waals surface area contributed by atoms with Crippen molar-refractivity contribution in [2.45, 2.75) is 25.3 Å². The van der Waals surface area contributed by atoms with Gasteiger partial charge in [0.05, 0.1) is 0 Å². The predicted octanol–water partition coefficient (Wildman–Crippen LogP) is 3.55. The first-order valence-corrected chi connectivity index (χ1v) is 7.16. The van der Waals surface area contributed by atoms with E-state index in [2.05, 4.69) is 10.2 Å². The molecule has 120 valence electrons. The third-order valence-electron chi connectivity index (χ3n) is 4.44. The Hall–Kier alpha value is -0.420. The zero-order valence-corrected chi connectivity index (χ0v) is 13.5. The van der Waals surface area contributed by atoms with Crippen LogP contribution in [0.3, 0.4) is 0 Å². The van der Waals surface area contributed by atoms with Gasteiger partial charge < -0.3 is 5.32 Å². The summed E-state index contributed by atoms with van der Waals surface area (Å²) in [5, 5.41) is 3.30. The van der Waals surface area contributed by atoms with Crippen LogP contribution in [0.25, 0.3) is 0 Å². The zero-order valence-electron chi connectivity index (χ0n) is 11.9. The molecule has 0 spiro atoms. The van der Waals surface area contributed by atoms with Gasteiger partial charge >= 0.3 is 0 Å². The Kier molecular flexibility index (Phi) is 7.34. The molecule has 1 aromatic rings. The van der Waals surface area contributed by atoms with Crippen LogP contribution in [0.2, 0.25) is 0 Å². The fourth-order valence-corrected chi connectivity index (χ4v) is 3.23. The van der Waals surface area contributed by atoms with Crippen molar-refractivity contribution in [3.63, 3.8) is 0 Å². The van der Waals surface area contributed by atoms with Crippen LogP contribution >= 0.6 is 24.8 Å². The SMILES string of the molecule is Cl.Cl.Fc1cccc(F)c1[C@H](C1CCC1)N1CCNCC1. The Balaban J connectivity index is 0.00000110. The molecule has 2 fully saturated rings. The van der Waals surface area contributed by atoms with E-state index in [1.54, 1.807) is 0 Å². The first kappa shape index (κ1) is 18.6. The average molecular weight is 339 g/mol. The van der Waals surface area contributed by atoms with E-state index in [4.69, 9.17) is 0 Å². The van der Waals surface area contributed by atoms with E-state index in [1.165, 1.54) is 24.6 Å². The van der Waals surface area contributed by atoms with Gasteiger partial charge in [-0.25, -0.2) is 8.78 Å². The maximum atomic E-state index is 14.1. The highest BCUT2D eigenvalue weighted by molar-refractivity contribution is 5.85. The van der Waals surface area contributed by atoms with Crippen molar-refractivity contribution in [3.05, 3.63) is 35.4 Å². The number of nitrogens with one attached hydrogen (secondary N) is 1. The van der Waals surface area contributed by atoms with E-state index in [0.717, 1.165) is 39.0 Å². The van der Waals surface area contributed by atoms with Crippen LogP contribution in [0.15, 0.2) is 18.2 Å². The lowest BCUT2D eigenvalue weighted by molar-refractivity contribution is 0.0784. The molecule has 6 heteroatoms. The van der Waals surface area contributed by atoms with Gasteiger partial charge in [0.2, 0.25) is 0 Å². The van der Waals surface area contributed by atoms with Gasteiger partial charge in [-0.3, -0.25) is 4.90 Å². The van der Waals surface area contributed by atoms with E-state index >= 15 is 0 Å². The molecule has 1 aromatic carbocycles. The molecule has 1 saturated heterocycles. The first-order chi connectivity index (χ1) is 9.27. The molecular formula is C15H22Cl2F2N2. The molecule has 0 bridgehead atoms. The highest BCUT2D eigenvalue weighted by Gasteiger charge is 2.36. The number of rotatable bonds is 3. The molecule has 1 saturated carbocycles. The topological polar surface area (TPSA) is 15.3 Å². The Morgan fingerprint density at radius 2 is 1.62 bits per heavy atom. The Morgan fingerprint density at radius 1 is 1.05 bits per heavy atom. The van der Waals surface area contributed by atoms with Crippen LogP contribution in [0, 0.1) is 17.6 Å². The van der Waals surface area contributed by atoms with Crippen molar-refractivity contribution in [1.82, 2.24) is 10.2 Å². The Labute approximate surface area is 137 Å². The van der Waals surface area contributed by atoms with Crippen molar-refractivity contribution in [2.24, 2.45) is 5.92 Å². The summed E-state index contributed by atoms with van der Waals surface area (Å²) < 4.78 is 28.2. The number of benzene rings is 1. The van der Waals surface area contributed by atoms with Crippen molar-refractivity contribution < 1.29 is 8.78 Å². The lowest BCUT2D eigenvalue weighted by atomic mass is 9.76. The average Bonchev–Trinajstić information content (AvgIpc) is 2.36. The van der Waals surface area contributed by atoms with Gasteiger partial charge in [0.1, 0.15) is 11.6 Å². The second-order valence-corrected chi connectivity index (χ2v) is 5.56.